The third kappa shape index (κ3) is 2.94. The van der Waals surface area contributed by atoms with E-state index in [1.807, 2.05) is 12.3 Å². The van der Waals surface area contributed by atoms with Crippen LogP contribution in [0.2, 0.25) is 0 Å². The highest BCUT2D eigenvalue weighted by Crippen LogP contribution is 1.92. The zero-order chi connectivity index (χ0) is 11.2. The molecule has 2 aromatic heterocycles. The smallest absolute Gasteiger partial charge is 0.222 e. The van der Waals surface area contributed by atoms with Crippen LogP contribution in [-0.2, 0) is 17.9 Å². The quantitative estimate of drug-likeness (QED) is 0.760. The fourth-order valence-corrected chi connectivity index (χ4v) is 1.31. The van der Waals surface area contributed by atoms with E-state index in [0.29, 0.717) is 19.5 Å². The predicted molar refractivity (Wildman–Crippen MR) is 57.3 cm³/mol. The van der Waals surface area contributed by atoms with E-state index in [4.69, 9.17) is 0 Å². The van der Waals surface area contributed by atoms with Crippen LogP contribution in [0.5, 0.6) is 0 Å². The van der Waals surface area contributed by atoms with Gasteiger partial charge in [-0.05, 0) is 6.07 Å². The lowest BCUT2D eigenvalue weighted by molar-refractivity contribution is -0.121. The number of hydrogen-bond donors (Lipinski definition) is 2. The number of hydrogen-bond acceptors (Lipinski definition) is 3. The number of aromatic amines is 1. The van der Waals surface area contributed by atoms with Crippen LogP contribution in [0, 0.1) is 0 Å². The Morgan fingerprint density at radius 1 is 1.56 bits per heavy atom. The van der Waals surface area contributed by atoms with E-state index in [-0.39, 0.29) is 5.91 Å². The van der Waals surface area contributed by atoms with Crippen molar-refractivity contribution in [3.63, 3.8) is 0 Å². The molecule has 2 N–H and O–H groups in total. The number of rotatable bonds is 5. The lowest BCUT2D eigenvalue weighted by Gasteiger charge is -2.03. The molecule has 0 atom stereocenters. The molecule has 0 spiro atoms. The molecule has 2 rings (SSSR count). The largest absolute Gasteiger partial charge is 0.350 e. The number of amides is 1. The van der Waals surface area contributed by atoms with Crippen molar-refractivity contribution in [2.24, 2.45) is 0 Å². The van der Waals surface area contributed by atoms with E-state index in [1.165, 1.54) is 0 Å². The van der Waals surface area contributed by atoms with Crippen LogP contribution in [0.25, 0.3) is 0 Å². The molecule has 0 aliphatic carbocycles. The zero-order valence-electron chi connectivity index (χ0n) is 8.76. The number of H-pyrrole nitrogens is 1. The first-order valence-corrected chi connectivity index (χ1v) is 5.06. The molecular formula is C10H13N5O. The van der Waals surface area contributed by atoms with Gasteiger partial charge in [-0.1, -0.05) is 0 Å². The first-order chi connectivity index (χ1) is 7.84. The summed E-state index contributed by atoms with van der Waals surface area (Å²) in [6, 6.07) is 1.84. The molecular weight excluding hydrogens is 206 g/mol. The number of imidazole rings is 1. The Bertz CT molecular complexity index is 380. The molecule has 0 bridgehead atoms. The van der Waals surface area contributed by atoms with E-state index in [9.17, 15) is 4.79 Å². The minimum Gasteiger partial charge on any atom is -0.350 e. The van der Waals surface area contributed by atoms with Crippen molar-refractivity contribution in [3.05, 3.63) is 36.7 Å². The van der Waals surface area contributed by atoms with Crippen LogP contribution in [0.15, 0.2) is 31.0 Å². The maximum absolute atomic E-state index is 11.4. The molecule has 84 valence electrons. The van der Waals surface area contributed by atoms with Gasteiger partial charge in [0.05, 0.1) is 18.6 Å². The summed E-state index contributed by atoms with van der Waals surface area (Å²) >= 11 is 0. The zero-order valence-corrected chi connectivity index (χ0v) is 8.76. The molecule has 0 aromatic carbocycles. The van der Waals surface area contributed by atoms with E-state index in [0.717, 1.165) is 5.69 Å². The second kappa shape index (κ2) is 5.11. The van der Waals surface area contributed by atoms with Crippen molar-refractivity contribution in [1.82, 2.24) is 25.1 Å². The van der Waals surface area contributed by atoms with Gasteiger partial charge in [-0.2, -0.15) is 5.10 Å². The number of aromatic nitrogens is 4. The Morgan fingerprint density at radius 3 is 3.19 bits per heavy atom. The molecule has 1 amide bonds. The molecule has 6 nitrogen and oxygen atoms in total. The lowest BCUT2D eigenvalue weighted by Crippen LogP contribution is -2.24. The number of carbonyl (C=O) groups is 1. The van der Waals surface area contributed by atoms with Crippen molar-refractivity contribution in [2.45, 2.75) is 19.5 Å². The predicted octanol–water partition coefficient (Wildman–Crippen LogP) is 0.313. The highest BCUT2D eigenvalue weighted by atomic mass is 16.1. The minimum absolute atomic E-state index is 0.00472. The van der Waals surface area contributed by atoms with E-state index >= 15 is 0 Å². The summed E-state index contributed by atoms with van der Waals surface area (Å²) in [4.78, 5) is 18.2. The topological polar surface area (TPSA) is 75.6 Å². The van der Waals surface area contributed by atoms with Crippen LogP contribution < -0.4 is 5.32 Å². The van der Waals surface area contributed by atoms with Gasteiger partial charge >= 0.3 is 0 Å². The first-order valence-electron chi connectivity index (χ1n) is 5.06. The van der Waals surface area contributed by atoms with Gasteiger partial charge < -0.3 is 10.3 Å². The second-order valence-electron chi connectivity index (χ2n) is 3.37. The lowest BCUT2D eigenvalue weighted by atomic mass is 10.4. The number of nitrogens with zero attached hydrogens (tertiary/aromatic N) is 3. The summed E-state index contributed by atoms with van der Waals surface area (Å²) < 4.78 is 1.73. The molecule has 2 heterocycles. The molecule has 16 heavy (non-hydrogen) atoms. The van der Waals surface area contributed by atoms with Gasteiger partial charge in [0.2, 0.25) is 5.91 Å². The summed E-state index contributed by atoms with van der Waals surface area (Å²) in [6.45, 7) is 1.08. The molecule has 0 radical (unpaired) electrons. The summed E-state index contributed by atoms with van der Waals surface area (Å²) in [5.74, 6) is 0.00472. The number of nitrogens with one attached hydrogen (secondary N) is 2. The Labute approximate surface area is 92.7 Å². The number of aryl methyl sites for hydroxylation is 1. The molecule has 2 aromatic rings. The third-order valence-corrected chi connectivity index (χ3v) is 2.16. The summed E-state index contributed by atoms with van der Waals surface area (Å²) in [5.41, 5.74) is 0.896. The van der Waals surface area contributed by atoms with Crippen LogP contribution in [0.1, 0.15) is 12.1 Å². The van der Waals surface area contributed by atoms with Gasteiger partial charge in [0.25, 0.3) is 0 Å². The van der Waals surface area contributed by atoms with Crippen LogP contribution in [-0.4, -0.2) is 25.7 Å². The van der Waals surface area contributed by atoms with Crippen molar-refractivity contribution in [1.29, 1.82) is 0 Å². The summed E-state index contributed by atoms with van der Waals surface area (Å²) in [6.07, 6.45) is 7.24. The highest BCUT2D eigenvalue weighted by molar-refractivity contribution is 5.75. The van der Waals surface area contributed by atoms with Gasteiger partial charge in [0.15, 0.2) is 0 Å². The Morgan fingerprint density at radius 2 is 2.50 bits per heavy atom. The van der Waals surface area contributed by atoms with Crippen LogP contribution >= 0.6 is 0 Å². The summed E-state index contributed by atoms with van der Waals surface area (Å²) in [7, 11) is 0. The van der Waals surface area contributed by atoms with Gasteiger partial charge in [0.1, 0.15) is 0 Å². The maximum atomic E-state index is 11.4. The maximum Gasteiger partial charge on any atom is 0.222 e. The van der Waals surface area contributed by atoms with Crippen LogP contribution in [0.4, 0.5) is 0 Å². The molecule has 0 saturated heterocycles. The SMILES string of the molecule is O=C(CCn1cccn1)NCc1cnc[nH]1. The van der Waals surface area contributed by atoms with Gasteiger partial charge in [-0.25, -0.2) is 4.98 Å². The van der Waals surface area contributed by atoms with E-state index < -0.39 is 0 Å². The molecule has 0 unspecified atom stereocenters. The van der Waals surface area contributed by atoms with Crippen molar-refractivity contribution in [2.75, 3.05) is 0 Å². The van der Waals surface area contributed by atoms with Gasteiger partial charge in [0, 0.05) is 31.6 Å². The Balaban J connectivity index is 1.69. The van der Waals surface area contributed by atoms with E-state index in [1.54, 1.807) is 23.4 Å². The molecule has 0 saturated carbocycles. The number of carbonyl (C=O) groups excluding carboxylic acids is 1. The van der Waals surface area contributed by atoms with Gasteiger partial charge in [-0.15, -0.1) is 0 Å². The van der Waals surface area contributed by atoms with E-state index in [2.05, 4.69) is 20.4 Å². The molecule has 0 aliphatic heterocycles. The highest BCUT2D eigenvalue weighted by Gasteiger charge is 2.02. The Kier molecular flexibility index (Phi) is 3.32. The molecule has 0 fully saturated rings. The third-order valence-electron chi connectivity index (χ3n) is 2.16. The molecule has 0 aliphatic rings. The average molecular weight is 219 g/mol. The van der Waals surface area contributed by atoms with Crippen molar-refractivity contribution in [3.8, 4) is 0 Å². The standard InChI is InChI=1S/C10H13N5O/c16-10(2-5-15-4-1-3-14-15)12-7-9-6-11-8-13-9/h1,3-4,6,8H,2,5,7H2,(H,11,13)(H,12,16). The fourth-order valence-electron chi connectivity index (χ4n) is 1.31. The monoisotopic (exact) mass is 219 g/mol. The van der Waals surface area contributed by atoms with Crippen molar-refractivity contribution >= 4 is 5.91 Å². The fraction of sp³-hybridized carbons (Fsp3) is 0.300. The van der Waals surface area contributed by atoms with Gasteiger partial charge in [-0.3, -0.25) is 9.48 Å². The Hall–Kier alpha value is -2.11. The molecule has 6 heteroatoms. The van der Waals surface area contributed by atoms with Crippen molar-refractivity contribution < 1.29 is 4.79 Å². The first kappa shape index (κ1) is 10.4. The minimum atomic E-state index is 0.00472. The normalized spacial score (nSPS) is 10.2. The second-order valence-corrected chi connectivity index (χ2v) is 3.37. The average Bonchev–Trinajstić information content (AvgIpc) is 2.96. The summed E-state index contributed by atoms with van der Waals surface area (Å²) in [5, 5.41) is 6.81. The van der Waals surface area contributed by atoms with Crippen LogP contribution in [0.3, 0.4) is 0 Å².